The minimum atomic E-state index is -0.134. The minimum absolute atomic E-state index is 0.134. The Morgan fingerprint density at radius 3 is 2.50 bits per heavy atom. The highest BCUT2D eigenvalue weighted by Gasteiger charge is 2.15. The van der Waals surface area contributed by atoms with E-state index in [4.69, 9.17) is 17.3 Å². The summed E-state index contributed by atoms with van der Waals surface area (Å²) in [6, 6.07) is 13.0. The Bertz CT molecular complexity index is 623. The van der Waals surface area contributed by atoms with E-state index in [9.17, 15) is 4.79 Å². The van der Waals surface area contributed by atoms with Crippen molar-refractivity contribution in [2.24, 2.45) is 0 Å². The van der Waals surface area contributed by atoms with Gasteiger partial charge in [-0.05, 0) is 30.7 Å². The number of amides is 1. The third kappa shape index (κ3) is 3.31. The van der Waals surface area contributed by atoms with E-state index in [1.807, 2.05) is 31.2 Å². The molecule has 0 unspecified atom stereocenters. The van der Waals surface area contributed by atoms with Crippen molar-refractivity contribution >= 4 is 23.2 Å². The standard InChI is InChI=1S/C16H17ClN2O/c1-11-3-5-12(6-4-11)10-19(2)16(20)14-9-13(17)7-8-15(14)18/h3-9H,10,18H2,1-2H3. The van der Waals surface area contributed by atoms with Crippen LogP contribution >= 0.6 is 11.6 Å². The molecule has 0 aliphatic rings. The number of halogens is 1. The SMILES string of the molecule is Cc1ccc(CN(C)C(=O)c2cc(Cl)ccc2N)cc1. The number of carbonyl (C=O) groups is 1. The largest absolute Gasteiger partial charge is 0.398 e. The summed E-state index contributed by atoms with van der Waals surface area (Å²) < 4.78 is 0. The fourth-order valence-corrected chi connectivity index (χ4v) is 2.13. The molecule has 0 aromatic heterocycles. The average Bonchev–Trinajstić information content (AvgIpc) is 2.43. The van der Waals surface area contributed by atoms with Crippen molar-refractivity contribution in [1.82, 2.24) is 4.90 Å². The van der Waals surface area contributed by atoms with E-state index in [1.165, 1.54) is 5.56 Å². The molecule has 0 saturated carbocycles. The molecule has 4 heteroatoms. The Morgan fingerprint density at radius 1 is 1.20 bits per heavy atom. The van der Waals surface area contributed by atoms with Gasteiger partial charge in [0.25, 0.3) is 5.91 Å². The van der Waals surface area contributed by atoms with Crippen LogP contribution in [0.1, 0.15) is 21.5 Å². The number of nitrogens with zero attached hydrogens (tertiary/aromatic N) is 1. The summed E-state index contributed by atoms with van der Waals surface area (Å²) in [6.45, 7) is 2.57. The van der Waals surface area contributed by atoms with Crippen LogP contribution in [0.2, 0.25) is 5.02 Å². The maximum absolute atomic E-state index is 12.4. The molecule has 0 atom stereocenters. The number of hydrogen-bond acceptors (Lipinski definition) is 2. The molecule has 2 N–H and O–H groups in total. The Morgan fingerprint density at radius 2 is 1.85 bits per heavy atom. The molecule has 0 aliphatic carbocycles. The molecule has 0 aliphatic heterocycles. The first-order valence-corrected chi connectivity index (χ1v) is 6.71. The van der Waals surface area contributed by atoms with Crippen molar-refractivity contribution in [2.75, 3.05) is 12.8 Å². The first-order chi connectivity index (χ1) is 9.47. The van der Waals surface area contributed by atoms with Crippen molar-refractivity contribution in [3.8, 4) is 0 Å². The topological polar surface area (TPSA) is 46.3 Å². The predicted molar refractivity (Wildman–Crippen MR) is 82.8 cm³/mol. The molecule has 104 valence electrons. The maximum Gasteiger partial charge on any atom is 0.256 e. The van der Waals surface area contributed by atoms with Gasteiger partial charge in [-0.15, -0.1) is 0 Å². The summed E-state index contributed by atoms with van der Waals surface area (Å²) in [7, 11) is 1.75. The van der Waals surface area contributed by atoms with Gasteiger partial charge in [-0.3, -0.25) is 4.79 Å². The van der Waals surface area contributed by atoms with Crippen molar-refractivity contribution in [2.45, 2.75) is 13.5 Å². The van der Waals surface area contributed by atoms with Gasteiger partial charge in [0.2, 0.25) is 0 Å². The third-order valence-corrected chi connectivity index (χ3v) is 3.37. The van der Waals surface area contributed by atoms with Gasteiger partial charge in [-0.2, -0.15) is 0 Å². The predicted octanol–water partition coefficient (Wildman–Crippen LogP) is 3.50. The second-order valence-electron chi connectivity index (χ2n) is 4.88. The smallest absolute Gasteiger partial charge is 0.256 e. The maximum atomic E-state index is 12.4. The Balaban J connectivity index is 2.16. The van der Waals surface area contributed by atoms with Gasteiger partial charge < -0.3 is 10.6 Å². The Hall–Kier alpha value is -2.00. The molecule has 0 spiro atoms. The van der Waals surface area contributed by atoms with Crippen LogP contribution in [-0.2, 0) is 6.54 Å². The van der Waals surface area contributed by atoms with Gasteiger partial charge in [-0.1, -0.05) is 41.4 Å². The van der Waals surface area contributed by atoms with Crippen LogP contribution < -0.4 is 5.73 Å². The zero-order valence-electron chi connectivity index (χ0n) is 11.6. The third-order valence-electron chi connectivity index (χ3n) is 3.13. The highest BCUT2D eigenvalue weighted by Crippen LogP contribution is 2.20. The number of nitrogens with two attached hydrogens (primary N) is 1. The van der Waals surface area contributed by atoms with E-state index >= 15 is 0 Å². The van der Waals surface area contributed by atoms with Crippen LogP contribution in [0.15, 0.2) is 42.5 Å². The molecule has 0 saturated heterocycles. The molecule has 2 aromatic carbocycles. The zero-order valence-corrected chi connectivity index (χ0v) is 12.3. The lowest BCUT2D eigenvalue weighted by atomic mass is 10.1. The van der Waals surface area contributed by atoms with Gasteiger partial charge in [0.05, 0.1) is 5.56 Å². The van der Waals surface area contributed by atoms with Crippen molar-refractivity contribution in [3.63, 3.8) is 0 Å². The lowest BCUT2D eigenvalue weighted by Crippen LogP contribution is -2.27. The van der Waals surface area contributed by atoms with E-state index in [0.29, 0.717) is 22.8 Å². The van der Waals surface area contributed by atoms with Crippen LogP contribution in [0, 0.1) is 6.92 Å². The summed E-state index contributed by atoms with van der Waals surface area (Å²) in [5, 5.41) is 0.506. The van der Waals surface area contributed by atoms with Gasteiger partial charge in [0, 0.05) is 24.3 Å². The Labute approximate surface area is 124 Å². The van der Waals surface area contributed by atoms with E-state index in [1.54, 1.807) is 30.1 Å². The van der Waals surface area contributed by atoms with E-state index in [-0.39, 0.29) is 5.91 Å². The lowest BCUT2D eigenvalue weighted by molar-refractivity contribution is 0.0786. The number of benzene rings is 2. The number of aryl methyl sites for hydroxylation is 1. The van der Waals surface area contributed by atoms with Crippen molar-refractivity contribution in [3.05, 3.63) is 64.2 Å². The number of nitrogen functional groups attached to an aromatic ring is 1. The summed E-state index contributed by atoms with van der Waals surface area (Å²) in [6.07, 6.45) is 0. The van der Waals surface area contributed by atoms with Gasteiger partial charge in [0.15, 0.2) is 0 Å². The highest BCUT2D eigenvalue weighted by molar-refractivity contribution is 6.31. The normalized spacial score (nSPS) is 10.3. The van der Waals surface area contributed by atoms with E-state index in [0.717, 1.165) is 5.56 Å². The van der Waals surface area contributed by atoms with Crippen LogP contribution in [0.3, 0.4) is 0 Å². The number of carbonyl (C=O) groups excluding carboxylic acids is 1. The van der Waals surface area contributed by atoms with Crippen LogP contribution in [0.5, 0.6) is 0 Å². The summed E-state index contributed by atoms with van der Waals surface area (Å²) in [5.74, 6) is -0.134. The zero-order chi connectivity index (χ0) is 14.7. The Kier molecular flexibility index (Phi) is 4.30. The fourth-order valence-electron chi connectivity index (χ4n) is 1.96. The summed E-state index contributed by atoms with van der Waals surface area (Å²) in [5.41, 5.74) is 8.98. The molecule has 1 amide bonds. The first kappa shape index (κ1) is 14.4. The molecule has 0 heterocycles. The van der Waals surface area contributed by atoms with E-state index in [2.05, 4.69) is 0 Å². The number of rotatable bonds is 3. The average molecular weight is 289 g/mol. The van der Waals surface area contributed by atoms with Crippen LogP contribution in [0.4, 0.5) is 5.69 Å². The van der Waals surface area contributed by atoms with Gasteiger partial charge in [0.1, 0.15) is 0 Å². The monoisotopic (exact) mass is 288 g/mol. The molecule has 20 heavy (non-hydrogen) atoms. The molecule has 0 radical (unpaired) electrons. The molecular weight excluding hydrogens is 272 g/mol. The molecule has 2 rings (SSSR count). The molecule has 3 nitrogen and oxygen atoms in total. The summed E-state index contributed by atoms with van der Waals surface area (Å²) in [4.78, 5) is 14.0. The molecule has 2 aromatic rings. The molecule has 0 fully saturated rings. The second-order valence-corrected chi connectivity index (χ2v) is 5.31. The van der Waals surface area contributed by atoms with Crippen LogP contribution in [0.25, 0.3) is 0 Å². The number of hydrogen-bond donors (Lipinski definition) is 1. The van der Waals surface area contributed by atoms with Gasteiger partial charge >= 0.3 is 0 Å². The first-order valence-electron chi connectivity index (χ1n) is 6.33. The number of anilines is 1. The summed E-state index contributed by atoms with van der Waals surface area (Å²) >= 11 is 5.92. The van der Waals surface area contributed by atoms with Crippen molar-refractivity contribution in [1.29, 1.82) is 0 Å². The van der Waals surface area contributed by atoms with Crippen molar-refractivity contribution < 1.29 is 4.79 Å². The second kappa shape index (κ2) is 5.97. The lowest BCUT2D eigenvalue weighted by Gasteiger charge is -2.18. The minimum Gasteiger partial charge on any atom is -0.398 e. The van der Waals surface area contributed by atoms with Gasteiger partial charge in [-0.25, -0.2) is 0 Å². The van der Waals surface area contributed by atoms with Crippen LogP contribution in [-0.4, -0.2) is 17.9 Å². The fraction of sp³-hybridized carbons (Fsp3) is 0.188. The molecule has 0 bridgehead atoms. The van der Waals surface area contributed by atoms with E-state index < -0.39 is 0 Å². The quantitative estimate of drug-likeness (QED) is 0.879. The molecular formula is C16H17ClN2O. The highest BCUT2D eigenvalue weighted by atomic mass is 35.5.